The van der Waals surface area contributed by atoms with Crippen LogP contribution in [0.25, 0.3) is 10.4 Å². The van der Waals surface area contributed by atoms with Gasteiger partial charge in [-0.2, -0.15) is 0 Å². The fourth-order valence-corrected chi connectivity index (χ4v) is 3.46. The van der Waals surface area contributed by atoms with E-state index in [2.05, 4.69) is 16.3 Å². The highest BCUT2D eigenvalue weighted by Gasteiger charge is 2.14. The van der Waals surface area contributed by atoms with Crippen LogP contribution in [0.3, 0.4) is 0 Å². The molecule has 1 aromatic heterocycles. The van der Waals surface area contributed by atoms with Gasteiger partial charge in [-0.15, -0.1) is 11.3 Å². The van der Waals surface area contributed by atoms with Gasteiger partial charge < -0.3 is 14.4 Å². The number of morpholine rings is 1. The van der Waals surface area contributed by atoms with Gasteiger partial charge in [-0.1, -0.05) is 11.6 Å². The van der Waals surface area contributed by atoms with Gasteiger partial charge in [0.1, 0.15) is 5.75 Å². The summed E-state index contributed by atoms with van der Waals surface area (Å²) < 4.78 is 10.6. The molecule has 1 aliphatic heterocycles. The third kappa shape index (κ3) is 2.77. The van der Waals surface area contributed by atoms with E-state index in [-0.39, 0.29) is 0 Å². The molecule has 2 heterocycles. The van der Waals surface area contributed by atoms with Gasteiger partial charge in [0, 0.05) is 29.0 Å². The molecule has 106 valence electrons. The lowest BCUT2D eigenvalue weighted by Gasteiger charge is -2.27. The number of nitrogens with zero attached hydrogens (tertiary/aromatic N) is 1. The Hall–Kier alpha value is -1.23. The molecular weight excluding hydrogens is 294 g/mol. The average Bonchev–Trinajstić information content (AvgIpc) is 2.98. The van der Waals surface area contributed by atoms with Gasteiger partial charge in [0.15, 0.2) is 0 Å². The van der Waals surface area contributed by atoms with Crippen molar-refractivity contribution >= 4 is 28.6 Å². The zero-order valence-electron chi connectivity index (χ0n) is 11.3. The van der Waals surface area contributed by atoms with Crippen LogP contribution in [0.1, 0.15) is 0 Å². The second-order valence-corrected chi connectivity index (χ2v) is 5.94. The zero-order valence-corrected chi connectivity index (χ0v) is 12.8. The van der Waals surface area contributed by atoms with Gasteiger partial charge in [0.25, 0.3) is 0 Å². The molecule has 0 spiro atoms. The van der Waals surface area contributed by atoms with E-state index in [1.807, 2.05) is 18.2 Å². The first-order chi connectivity index (χ1) is 9.78. The van der Waals surface area contributed by atoms with Crippen LogP contribution in [0.5, 0.6) is 5.75 Å². The second-order valence-electron chi connectivity index (χ2n) is 4.62. The normalized spacial score (nSPS) is 15.4. The summed E-state index contributed by atoms with van der Waals surface area (Å²) in [6.45, 7) is 3.53. The first-order valence-corrected chi connectivity index (χ1v) is 7.79. The van der Waals surface area contributed by atoms with E-state index in [0.717, 1.165) is 31.9 Å². The Balaban J connectivity index is 1.84. The highest BCUT2D eigenvalue weighted by atomic mass is 35.5. The third-order valence-electron chi connectivity index (χ3n) is 3.40. The minimum atomic E-state index is 0.645. The van der Waals surface area contributed by atoms with E-state index in [1.165, 1.54) is 10.6 Å². The van der Waals surface area contributed by atoms with E-state index in [9.17, 15) is 0 Å². The Labute approximate surface area is 127 Å². The van der Waals surface area contributed by atoms with Crippen LogP contribution >= 0.6 is 22.9 Å². The maximum Gasteiger partial charge on any atom is 0.137 e. The molecule has 0 bridgehead atoms. The van der Waals surface area contributed by atoms with Crippen molar-refractivity contribution in [3.05, 3.63) is 34.7 Å². The van der Waals surface area contributed by atoms with Crippen molar-refractivity contribution < 1.29 is 9.47 Å². The summed E-state index contributed by atoms with van der Waals surface area (Å²) >= 11 is 7.92. The minimum Gasteiger partial charge on any atom is -0.495 e. The number of methoxy groups -OCH3 is 1. The van der Waals surface area contributed by atoms with Crippen LogP contribution in [0.2, 0.25) is 5.02 Å². The summed E-state index contributed by atoms with van der Waals surface area (Å²) in [5.74, 6) is 0.709. The van der Waals surface area contributed by atoms with Crippen LogP contribution in [-0.4, -0.2) is 33.4 Å². The number of ether oxygens (including phenoxy) is 2. The summed E-state index contributed by atoms with van der Waals surface area (Å²) in [4.78, 5) is 3.57. The van der Waals surface area contributed by atoms with Crippen molar-refractivity contribution in [2.75, 3.05) is 38.3 Å². The molecule has 0 N–H and O–H groups in total. The molecule has 0 radical (unpaired) electrons. The SMILES string of the molecule is COc1ccc(-c2cc(N3CCOCC3)cs2)cc1Cl. The minimum absolute atomic E-state index is 0.645. The second kappa shape index (κ2) is 6.04. The van der Waals surface area contributed by atoms with E-state index < -0.39 is 0 Å². The number of benzene rings is 1. The summed E-state index contributed by atoms with van der Waals surface area (Å²) in [6, 6.07) is 8.12. The molecule has 3 rings (SSSR count). The standard InChI is InChI=1S/C15H16ClNO2S/c1-18-14-3-2-11(8-13(14)16)15-9-12(10-20-15)17-4-6-19-7-5-17/h2-3,8-10H,4-7H2,1H3. The van der Waals surface area contributed by atoms with Crippen LogP contribution in [-0.2, 0) is 4.74 Å². The fraction of sp³-hybridized carbons (Fsp3) is 0.333. The van der Waals surface area contributed by atoms with Gasteiger partial charge in [-0.05, 0) is 29.8 Å². The molecule has 1 saturated heterocycles. The Bertz CT molecular complexity index is 593. The van der Waals surface area contributed by atoms with E-state index in [0.29, 0.717) is 10.8 Å². The fourth-order valence-electron chi connectivity index (χ4n) is 2.28. The first-order valence-electron chi connectivity index (χ1n) is 6.53. The van der Waals surface area contributed by atoms with Gasteiger partial charge in [0.2, 0.25) is 0 Å². The Morgan fingerprint density at radius 2 is 2.05 bits per heavy atom. The lowest BCUT2D eigenvalue weighted by atomic mass is 10.2. The van der Waals surface area contributed by atoms with Gasteiger partial charge in [-0.3, -0.25) is 0 Å². The maximum atomic E-state index is 6.19. The molecule has 0 atom stereocenters. The van der Waals surface area contributed by atoms with Gasteiger partial charge in [0.05, 0.1) is 25.3 Å². The van der Waals surface area contributed by atoms with Crippen LogP contribution in [0.4, 0.5) is 5.69 Å². The molecule has 0 saturated carbocycles. The number of hydrogen-bond donors (Lipinski definition) is 0. The van der Waals surface area contributed by atoms with Gasteiger partial charge >= 0.3 is 0 Å². The van der Waals surface area contributed by atoms with Crippen molar-refractivity contribution in [1.29, 1.82) is 0 Å². The highest BCUT2D eigenvalue weighted by Crippen LogP contribution is 2.35. The summed E-state index contributed by atoms with van der Waals surface area (Å²) in [7, 11) is 1.63. The van der Waals surface area contributed by atoms with Gasteiger partial charge in [-0.25, -0.2) is 0 Å². The lowest BCUT2D eigenvalue weighted by molar-refractivity contribution is 0.123. The smallest absolute Gasteiger partial charge is 0.137 e. The average molecular weight is 310 g/mol. The molecule has 20 heavy (non-hydrogen) atoms. The molecule has 3 nitrogen and oxygen atoms in total. The molecule has 1 aromatic carbocycles. The first kappa shape index (κ1) is 13.7. The number of anilines is 1. The van der Waals surface area contributed by atoms with E-state index >= 15 is 0 Å². The molecule has 0 aliphatic carbocycles. The number of rotatable bonds is 3. The summed E-state index contributed by atoms with van der Waals surface area (Å²) in [5, 5.41) is 2.84. The molecule has 1 fully saturated rings. The maximum absolute atomic E-state index is 6.19. The predicted octanol–water partition coefficient (Wildman–Crippen LogP) is 3.91. The van der Waals surface area contributed by atoms with Crippen molar-refractivity contribution in [2.45, 2.75) is 0 Å². The monoisotopic (exact) mass is 309 g/mol. The Morgan fingerprint density at radius 1 is 1.25 bits per heavy atom. The largest absolute Gasteiger partial charge is 0.495 e. The summed E-state index contributed by atoms with van der Waals surface area (Å²) in [5.41, 5.74) is 2.39. The van der Waals surface area contributed by atoms with Crippen LogP contribution in [0.15, 0.2) is 29.6 Å². The Kier molecular flexibility index (Phi) is 4.15. The number of halogens is 1. The molecule has 2 aromatic rings. The van der Waals surface area contributed by atoms with Crippen LogP contribution < -0.4 is 9.64 Å². The number of thiophene rings is 1. The predicted molar refractivity (Wildman–Crippen MR) is 84.3 cm³/mol. The quantitative estimate of drug-likeness (QED) is 0.858. The van der Waals surface area contributed by atoms with E-state index in [4.69, 9.17) is 21.1 Å². The topological polar surface area (TPSA) is 21.7 Å². The van der Waals surface area contributed by atoms with Crippen molar-refractivity contribution in [3.63, 3.8) is 0 Å². The van der Waals surface area contributed by atoms with Crippen LogP contribution in [0, 0.1) is 0 Å². The summed E-state index contributed by atoms with van der Waals surface area (Å²) in [6.07, 6.45) is 0. The van der Waals surface area contributed by atoms with Crippen molar-refractivity contribution in [2.24, 2.45) is 0 Å². The van der Waals surface area contributed by atoms with Crippen molar-refractivity contribution in [1.82, 2.24) is 0 Å². The lowest BCUT2D eigenvalue weighted by Crippen LogP contribution is -2.35. The number of hydrogen-bond acceptors (Lipinski definition) is 4. The highest BCUT2D eigenvalue weighted by molar-refractivity contribution is 7.14. The van der Waals surface area contributed by atoms with Crippen molar-refractivity contribution in [3.8, 4) is 16.2 Å². The molecule has 0 unspecified atom stereocenters. The molecular formula is C15H16ClNO2S. The molecule has 0 amide bonds. The zero-order chi connectivity index (χ0) is 13.9. The van der Waals surface area contributed by atoms with E-state index in [1.54, 1.807) is 18.4 Å². The molecule has 5 heteroatoms. The molecule has 1 aliphatic rings. The third-order valence-corrected chi connectivity index (χ3v) is 4.66. The Morgan fingerprint density at radius 3 is 2.75 bits per heavy atom.